The van der Waals surface area contributed by atoms with Gasteiger partial charge in [0.15, 0.2) is 0 Å². The van der Waals surface area contributed by atoms with E-state index in [4.69, 9.17) is 9.84 Å². The minimum atomic E-state index is -1.09. The van der Waals surface area contributed by atoms with Crippen molar-refractivity contribution >= 4 is 18.0 Å². The molecule has 0 amide bonds. The van der Waals surface area contributed by atoms with Crippen molar-refractivity contribution in [3.8, 4) is 5.75 Å². The van der Waals surface area contributed by atoms with E-state index in [-0.39, 0.29) is 12.0 Å². The number of hydrogen-bond donors (Lipinski definition) is 1. The Hall–Kier alpha value is -2.30. The van der Waals surface area contributed by atoms with E-state index in [1.807, 2.05) is 0 Å². The van der Waals surface area contributed by atoms with Gasteiger partial charge in [0.05, 0.1) is 20.6 Å². The maximum Gasteiger partial charge on any atom is 0.334 e. The molecule has 0 radical (unpaired) electrons. The first-order chi connectivity index (χ1) is 8.56. The largest absolute Gasteiger partial charge is 0.497 e. The number of methoxy groups -OCH3 is 2. The summed E-state index contributed by atoms with van der Waals surface area (Å²) in [5.41, 5.74) is 0.759. The summed E-state index contributed by atoms with van der Waals surface area (Å²) in [6.07, 6.45) is 1.09. The van der Waals surface area contributed by atoms with Crippen molar-refractivity contribution in [1.29, 1.82) is 0 Å². The number of hydrogen-bond acceptors (Lipinski definition) is 4. The Morgan fingerprint density at radius 3 is 2.61 bits per heavy atom. The number of aliphatic carboxylic acids is 1. The van der Waals surface area contributed by atoms with E-state index in [1.165, 1.54) is 20.3 Å². The molecule has 1 N–H and O–H groups in total. The molecule has 0 saturated carbocycles. The molecule has 0 bridgehead atoms. The Morgan fingerprint density at radius 2 is 2.06 bits per heavy atom. The van der Waals surface area contributed by atoms with Gasteiger partial charge in [0.25, 0.3) is 0 Å². The van der Waals surface area contributed by atoms with E-state index in [0.717, 1.165) is 0 Å². The van der Waals surface area contributed by atoms with Crippen LogP contribution in [0.3, 0.4) is 0 Å². The molecule has 0 atom stereocenters. The van der Waals surface area contributed by atoms with E-state index in [1.54, 1.807) is 24.3 Å². The first kappa shape index (κ1) is 13.8. The second-order valence-corrected chi connectivity index (χ2v) is 3.51. The van der Waals surface area contributed by atoms with E-state index >= 15 is 0 Å². The molecule has 0 spiro atoms. The molecule has 0 aliphatic heterocycles. The van der Waals surface area contributed by atoms with Crippen LogP contribution in [0, 0.1) is 0 Å². The van der Waals surface area contributed by atoms with Gasteiger partial charge in [-0.25, -0.2) is 4.79 Å². The van der Waals surface area contributed by atoms with Crippen molar-refractivity contribution in [2.45, 2.75) is 6.42 Å². The maximum atomic E-state index is 11.4. The molecular weight excluding hydrogens is 236 g/mol. The zero-order valence-electron chi connectivity index (χ0n) is 10.2. The summed E-state index contributed by atoms with van der Waals surface area (Å²) in [7, 11) is 2.74. The van der Waals surface area contributed by atoms with Crippen LogP contribution in [0.4, 0.5) is 0 Å². The first-order valence-corrected chi connectivity index (χ1v) is 5.21. The standard InChI is InChI=1S/C13H14O5/c1-17-11-5-3-4-9(7-11)6-10(8-12(14)15)13(16)18-2/h3-7H,8H2,1-2H3,(H,14,15)/b10-6+. The Kier molecular flexibility index (Phi) is 4.92. The summed E-state index contributed by atoms with van der Waals surface area (Å²) in [6.45, 7) is 0. The van der Waals surface area contributed by atoms with Crippen LogP contribution in [-0.2, 0) is 14.3 Å². The van der Waals surface area contributed by atoms with Gasteiger partial charge in [-0.1, -0.05) is 12.1 Å². The number of esters is 1. The van der Waals surface area contributed by atoms with Crippen LogP contribution in [-0.4, -0.2) is 31.3 Å². The fraction of sp³-hybridized carbons (Fsp3) is 0.231. The monoisotopic (exact) mass is 250 g/mol. The van der Waals surface area contributed by atoms with Crippen molar-refractivity contribution in [3.05, 3.63) is 35.4 Å². The summed E-state index contributed by atoms with van der Waals surface area (Å²) in [5.74, 6) is -1.11. The van der Waals surface area contributed by atoms with Gasteiger partial charge in [0.1, 0.15) is 5.75 Å². The van der Waals surface area contributed by atoms with Gasteiger partial charge in [-0.3, -0.25) is 4.79 Å². The van der Waals surface area contributed by atoms with Crippen molar-refractivity contribution in [2.24, 2.45) is 0 Å². The number of carboxylic acids is 1. The van der Waals surface area contributed by atoms with Crippen molar-refractivity contribution in [3.63, 3.8) is 0 Å². The SMILES string of the molecule is COC(=O)/C(=C/c1cccc(OC)c1)CC(=O)O. The molecule has 1 aromatic carbocycles. The minimum Gasteiger partial charge on any atom is -0.497 e. The molecule has 18 heavy (non-hydrogen) atoms. The molecular formula is C13H14O5. The second-order valence-electron chi connectivity index (χ2n) is 3.51. The number of carbonyl (C=O) groups is 2. The van der Waals surface area contributed by atoms with Gasteiger partial charge in [-0.05, 0) is 23.8 Å². The molecule has 0 saturated heterocycles. The Bertz CT molecular complexity index is 476. The van der Waals surface area contributed by atoms with Gasteiger partial charge in [0, 0.05) is 5.57 Å². The zero-order chi connectivity index (χ0) is 13.5. The molecule has 0 aliphatic carbocycles. The molecule has 96 valence electrons. The van der Waals surface area contributed by atoms with Gasteiger partial charge in [-0.15, -0.1) is 0 Å². The number of carboxylic acid groups (broad SMARTS) is 1. The summed E-state index contributed by atoms with van der Waals surface area (Å²) in [6, 6.07) is 6.95. The van der Waals surface area contributed by atoms with Crippen LogP contribution >= 0.6 is 0 Å². The summed E-state index contributed by atoms with van der Waals surface area (Å²) >= 11 is 0. The van der Waals surface area contributed by atoms with Crippen LogP contribution in [0.1, 0.15) is 12.0 Å². The normalized spacial score (nSPS) is 10.9. The highest BCUT2D eigenvalue weighted by Gasteiger charge is 2.13. The van der Waals surface area contributed by atoms with Crippen LogP contribution in [0.2, 0.25) is 0 Å². The average molecular weight is 250 g/mol. The fourth-order valence-corrected chi connectivity index (χ4v) is 1.41. The molecule has 0 fully saturated rings. The van der Waals surface area contributed by atoms with Crippen molar-refractivity contribution < 1.29 is 24.2 Å². The lowest BCUT2D eigenvalue weighted by atomic mass is 10.1. The fourth-order valence-electron chi connectivity index (χ4n) is 1.41. The Balaban J connectivity index is 3.05. The van der Waals surface area contributed by atoms with Gasteiger partial charge < -0.3 is 14.6 Å². The third kappa shape index (κ3) is 3.93. The van der Waals surface area contributed by atoms with Gasteiger partial charge in [-0.2, -0.15) is 0 Å². The number of benzene rings is 1. The zero-order valence-corrected chi connectivity index (χ0v) is 10.2. The van der Waals surface area contributed by atoms with Crippen molar-refractivity contribution in [2.75, 3.05) is 14.2 Å². The van der Waals surface area contributed by atoms with E-state index in [9.17, 15) is 9.59 Å². The third-order valence-corrected chi connectivity index (χ3v) is 2.22. The topological polar surface area (TPSA) is 72.8 Å². The lowest BCUT2D eigenvalue weighted by Gasteiger charge is -2.04. The van der Waals surface area contributed by atoms with Crippen LogP contribution in [0.15, 0.2) is 29.8 Å². The van der Waals surface area contributed by atoms with Gasteiger partial charge in [0.2, 0.25) is 0 Å². The molecule has 5 heteroatoms. The summed E-state index contributed by atoms with van der Waals surface area (Å²) in [4.78, 5) is 22.1. The predicted molar refractivity (Wildman–Crippen MR) is 65.2 cm³/mol. The molecule has 0 heterocycles. The van der Waals surface area contributed by atoms with Crippen LogP contribution in [0.5, 0.6) is 5.75 Å². The molecule has 5 nitrogen and oxygen atoms in total. The number of carbonyl (C=O) groups excluding carboxylic acids is 1. The highest BCUT2D eigenvalue weighted by molar-refractivity contribution is 5.97. The molecule has 1 rings (SSSR count). The lowest BCUT2D eigenvalue weighted by Crippen LogP contribution is -2.09. The summed E-state index contributed by atoms with van der Waals surface area (Å²) < 4.78 is 9.58. The number of rotatable bonds is 5. The van der Waals surface area contributed by atoms with E-state index < -0.39 is 11.9 Å². The third-order valence-electron chi connectivity index (χ3n) is 2.22. The minimum absolute atomic E-state index is 0.0817. The van der Waals surface area contributed by atoms with Crippen LogP contribution in [0.25, 0.3) is 6.08 Å². The average Bonchev–Trinajstić information content (AvgIpc) is 2.36. The number of ether oxygens (including phenoxy) is 2. The Morgan fingerprint density at radius 1 is 1.33 bits per heavy atom. The molecule has 0 aromatic heterocycles. The smallest absolute Gasteiger partial charge is 0.334 e. The van der Waals surface area contributed by atoms with E-state index in [0.29, 0.717) is 11.3 Å². The molecule has 0 aliphatic rings. The van der Waals surface area contributed by atoms with Crippen LogP contribution < -0.4 is 4.74 Å². The first-order valence-electron chi connectivity index (χ1n) is 5.21. The second kappa shape index (κ2) is 6.44. The quantitative estimate of drug-likeness (QED) is 0.636. The highest BCUT2D eigenvalue weighted by atomic mass is 16.5. The van der Waals surface area contributed by atoms with Gasteiger partial charge >= 0.3 is 11.9 Å². The highest BCUT2D eigenvalue weighted by Crippen LogP contribution is 2.17. The van der Waals surface area contributed by atoms with Crippen molar-refractivity contribution in [1.82, 2.24) is 0 Å². The molecule has 1 aromatic rings. The summed E-state index contributed by atoms with van der Waals surface area (Å²) in [5, 5.41) is 8.73. The Labute approximate surface area is 105 Å². The maximum absolute atomic E-state index is 11.4. The molecule has 0 unspecified atom stereocenters. The van der Waals surface area contributed by atoms with E-state index in [2.05, 4.69) is 4.74 Å². The lowest BCUT2D eigenvalue weighted by molar-refractivity contribution is -0.141. The predicted octanol–water partition coefficient (Wildman–Crippen LogP) is 1.73.